The summed E-state index contributed by atoms with van der Waals surface area (Å²) in [6, 6.07) is 7.42. The van der Waals surface area contributed by atoms with E-state index in [1.54, 1.807) is 12.1 Å². The molecule has 2 fully saturated rings. The second kappa shape index (κ2) is 6.56. The lowest BCUT2D eigenvalue weighted by Gasteiger charge is -2.29. The lowest BCUT2D eigenvalue weighted by Crippen LogP contribution is -2.48. The fourth-order valence-corrected chi connectivity index (χ4v) is 3.98. The van der Waals surface area contributed by atoms with Crippen molar-refractivity contribution < 1.29 is 13.2 Å². The summed E-state index contributed by atoms with van der Waals surface area (Å²) in [5, 5.41) is 6.57. The first-order valence-electron chi connectivity index (χ1n) is 7.29. The molecule has 2 aliphatic rings. The third-order valence-corrected chi connectivity index (χ3v) is 5.44. The van der Waals surface area contributed by atoms with E-state index in [4.69, 9.17) is 0 Å². The standard InChI is InChI=1S/C15H20N2O3S.ClH/c1-21(19,20)14-4-2-3-10(7-14)15(18)17-13-8-11-5-6-12(9-13)16-11;/h2-4,7,11-13,16H,5-6,8-9H2,1H3,(H,17,18);1H. The molecule has 0 spiro atoms. The van der Waals surface area contributed by atoms with E-state index >= 15 is 0 Å². The summed E-state index contributed by atoms with van der Waals surface area (Å²) in [7, 11) is -3.29. The largest absolute Gasteiger partial charge is 0.349 e. The number of halogens is 1. The van der Waals surface area contributed by atoms with Crippen LogP contribution in [0.2, 0.25) is 0 Å². The molecule has 2 heterocycles. The van der Waals surface area contributed by atoms with Gasteiger partial charge in [-0.2, -0.15) is 0 Å². The first kappa shape index (κ1) is 17.2. The van der Waals surface area contributed by atoms with Gasteiger partial charge in [0.15, 0.2) is 9.84 Å². The zero-order valence-electron chi connectivity index (χ0n) is 12.4. The number of piperidine rings is 1. The van der Waals surface area contributed by atoms with Crippen molar-refractivity contribution in [1.82, 2.24) is 10.6 Å². The number of rotatable bonds is 3. The summed E-state index contributed by atoms with van der Waals surface area (Å²) < 4.78 is 23.1. The Bertz CT molecular complexity index is 651. The van der Waals surface area contributed by atoms with Crippen LogP contribution in [0.25, 0.3) is 0 Å². The molecule has 2 bridgehead atoms. The highest BCUT2D eigenvalue weighted by Gasteiger charge is 2.34. The number of carbonyl (C=O) groups is 1. The Labute approximate surface area is 137 Å². The number of fused-ring (bicyclic) bond motifs is 2. The summed E-state index contributed by atoms with van der Waals surface area (Å²) in [6.07, 6.45) is 5.41. The summed E-state index contributed by atoms with van der Waals surface area (Å²) in [4.78, 5) is 12.5. The number of carbonyl (C=O) groups excluding carboxylic acids is 1. The Kier molecular flexibility index (Phi) is 5.14. The lowest BCUT2D eigenvalue weighted by atomic mass is 9.99. The number of sulfone groups is 1. The molecular weight excluding hydrogens is 324 g/mol. The highest BCUT2D eigenvalue weighted by Crippen LogP contribution is 2.27. The van der Waals surface area contributed by atoms with E-state index in [-0.39, 0.29) is 29.3 Å². The summed E-state index contributed by atoms with van der Waals surface area (Å²) in [5.41, 5.74) is 0.406. The lowest BCUT2D eigenvalue weighted by molar-refractivity contribution is 0.0923. The third-order valence-electron chi connectivity index (χ3n) is 4.33. The van der Waals surface area contributed by atoms with Crippen LogP contribution in [0.4, 0.5) is 0 Å². The van der Waals surface area contributed by atoms with E-state index in [2.05, 4.69) is 10.6 Å². The monoisotopic (exact) mass is 344 g/mol. The molecule has 5 nitrogen and oxygen atoms in total. The molecule has 2 unspecified atom stereocenters. The molecule has 1 amide bonds. The summed E-state index contributed by atoms with van der Waals surface area (Å²) >= 11 is 0. The Hall–Kier alpha value is -1.11. The highest BCUT2D eigenvalue weighted by atomic mass is 35.5. The van der Waals surface area contributed by atoms with Crippen molar-refractivity contribution in [3.63, 3.8) is 0 Å². The fraction of sp³-hybridized carbons (Fsp3) is 0.533. The minimum atomic E-state index is -3.29. The van der Waals surface area contributed by atoms with E-state index < -0.39 is 9.84 Å². The smallest absolute Gasteiger partial charge is 0.251 e. The quantitative estimate of drug-likeness (QED) is 0.871. The van der Waals surface area contributed by atoms with Gasteiger partial charge >= 0.3 is 0 Å². The van der Waals surface area contributed by atoms with Gasteiger partial charge in [0.05, 0.1) is 4.90 Å². The van der Waals surface area contributed by atoms with Gasteiger partial charge < -0.3 is 10.6 Å². The van der Waals surface area contributed by atoms with Gasteiger partial charge in [-0.1, -0.05) is 6.07 Å². The van der Waals surface area contributed by atoms with Crippen LogP contribution in [-0.4, -0.2) is 38.7 Å². The summed E-state index contributed by atoms with van der Waals surface area (Å²) in [5.74, 6) is -0.188. The molecular formula is C15H21ClN2O3S. The molecule has 2 aliphatic heterocycles. The predicted octanol–water partition coefficient (Wildman–Crippen LogP) is 1.52. The summed E-state index contributed by atoms with van der Waals surface area (Å²) in [6.45, 7) is 0. The zero-order valence-corrected chi connectivity index (χ0v) is 14.0. The molecule has 2 saturated heterocycles. The minimum absolute atomic E-state index is 0. The van der Waals surface area contributed by atoms with Gasteiger partial charge in [-0.3, -0.25) is 4.79 Å². The van der Waals surface area contributed by atoms with Gasteiger partial charge in [0.2, 0.25) is 0 Å². The van der Waals surface area contributed by atoms with Crippen molar-refractivity contribution in [2.45, 2.75) is 48.7 Å². The molecule has 122 valence electrons. The van der Waals surface area contributed by atoms with Crippen molar-refractivity contribution in [2.75, 3.05) is 6.26 Å². The fourth-order valence-electron chi connectivity index (χ4n) is 3.31. The van der Waals surface area contributed by atoms with Crippen LogP contribution >= 0.6 is 12.4 Å². The van der Waals surface area contributed by atoms with Gasteiger partial charge in [0.25, 0.3) is 5.91 Å². The van der Waals surface area contributed by atoms with Gasteiger partial charge in [-0.05, 0) is 43.9 Å². The van der Waals surface area contributed by atoms with Crippen LogP contribution in [-0.2, 0) is 9.84 Å². The van der Waals surface area contributed by atoms with Crippen LogP contribution in [0.1, 0.15) is 36.0 Å². The van der Waals surface area contributed by atoms with Crippen LogP contribution in [0.15, 0.2) is 29.2 Å². The van der Waals surface area contributed by atoms with Crippen molar-refractivity contribution in [3.05, 3.63) is 29.8 Å². The van der Waals surface area contributed by atoms with Crippen LogP contribution in [0, 0.1) is 0 Å². The van der Waals surface area contributed by atoms with E-state index in [1.807, 2.05) is 0 Å². The number of benzene rings is 1. The zero-order chi connectivity index (χ0) is 15.0. The maximum atomic E-state index is 12.3. The second-order valence-corrected chi connectivity index (χ2v) is 8.10. The van der Waals surface area contributed by atoms with E-state index in [1.165, 1.54) is 25.0 Å². The average Bonchev–Trinajstić information content (AvgIpc) is 2.77. The molecule has 1 aromatic rings. The van der Waals surface area contributed by atoms with Crippen LogP contribution < -0.4 is 10.6 Å². The number of hydrogen-bond donors (Lipinski definition) is 2. The van der Waals surface area contributed by atoms with E-state index in [0.717, 1.165) is 19.1 Å². The number of hydrogen-bond acceptors (Lipinski definition) is 4. The number of amides is 1. The van der Waals surface area contributed by atoms with Gasteiger partial charge in [0.1, 0.15) is 0 Å². The van der Waals surface area contributed by atoms with Crippen molar-refractivity contribution in [1.29, 1.82) is 0 Å². The molecule has 22 heavy (non-hydrogen) atoms. The van der Waals surface area contributed by atoms with Crippen molar-refractivity contribution in [3.8, 4) is 0 Å². The number of nitrogens with one attached hydrogen (secondary N) is 2. The highest BCUT2D eigenvalue weighted by molar-refractivity contribution is 7.90. The molecule has 3 rings (SSSR count). The van der Waals surface area contributed by atoms with Gasteiger partial charge in [-0.15, -0.1) is 12.4 Å². The van der Waals surface area contributed by atoms with Gasteiger partial charge in [0, 0.05) is 29.9 Å². The Morgan fingerprint density at radius 1 is 1.23 bits per heavy atom. The Morgan fingerprint density at radius 2 is 1.86 bits per heavy atom. The van der Waals surface area contributed by atoms with Crippen LogP contribution in [0.5, 0.6) is 0 Å². The van der Waals surface area contributed by atoms with Gasteiger partial charge in [-0.25, -0.2) is 8.42 Å². The maximum absolute atomic E-state index is 12.3. The molecule has 0 aromatic heterocycles. The molecule has 0 radical (unpaired) electrons. The molecule has 7 heteroatoms. The third kappa shape index (κ3) is 3.80. The van der Waals surface area contributed by atoms with E-state index in [0.29, 0.717) is 17.6 Å². The molecule has 0 saturated carbocycles. The molecule has 0 aliphatic carbocycles. The first-order valence-corrected chi connectivity index (χ1v) is 9.18. The van der Waals surface area contributed by atoms with Crippen LogP contribution in [0.3, 0.4) is 0 Å². The first-order chi connectivity index (χ1) is 9.91. The Balaban J connectivity index is 0.00000176. The SMILES string of the molecule is CS(=O)(=O)c1cccc(C(=O)NC2CC3CCC(C2)N3)c1.Cl. The Morgan fingerprint density at radius 3 is 2.45 bits per heavy atom. The minimum Gasteiger partial charge on any atom is -0.349 e. The van der Waals surface area contributed by atoms with Crippen molar-refractivity contribution in [2.24, 2.45) is 0 Å². The topological polar surface area (TPSA) is 75.3 Å². The molecule has 2 N–H and O–H groups in total. The predicted molar refractivity (Wildman–Crippen MR) is 87.2 cm³/mol. The maximum Gasteiger partial charge on any atom is 0.251 e. The molecule has 2 atom stereocenters. The molecule has 1 aromatic carbocycles. The van der Waals surface area contributed by atoms with Crippen molar-refractivity contribution >= 4 is 28.2 Å². The normalized spacial score (nSPS) is 27.0. The van der Waals surface area contributed by atoms with E-state index in [9.17, 15) is 13.2 Å². The average molecular weight is 345 g/mol. The second-order valence-electron chi connectivity index (χ2n) is 6.08.